The molecule has 0 aliphatic heterocycles. The number of rotatable bonds is 7. The molecule has 0 radical (unpaired) electrons. The van der Waals surface area contributed by atoms with E-state index in [1.165, 1.54) is 0 Å². The number of carboxylic acid groups (broad SMARTS) is 1. The highest BCUT2D eigenvalue weighted by Crippen LogP contribution is 2.08. The summed E-state index contributed by atoms with van der Waals surface area (Å²) in [5, 5.41) is 16.4. The molecule has 0 atom stereocenters. The maximum atomic E-state index is 10.9. The molecule has 0 saturated carbocycles. The second-order valence-corrected chi connectivity index (χ2v) is 3.36. The molecule has 6 nitrogen and oxygen atoms in total. The zero-order valence-electron chi connectivity index (χ0n) is 9.64. The predicted molar refractivity (Wildman–Crippen MR) is 57.5 cm³/mol. The Balaban J connectivity index is 2.78. The lowest BCUT2D eigenvalue weighted by molar-refractivity contribution is 0.0689. The van der Waals surface area contributed by atoms with E-state index in [0.29, 0.717) is 31.9 Å². The highest BCUT2D eigenvalue weighted by atomic mass is 16.5. The number of carboxylic acids is 1. The van der Waals surface area contributed by atoms with E-state index in [-0.39, 0.29) is 5.69 Å². The maximum Gasteiger partial charge on any atom is 0.358 e. The Morgan fingerprint density at radius 3 is 2.81 bits per heavy atom. The zero-order chi connectivity index (χ0) is 12.0. The van der Waals surface area contributed by atoms with Gasteiger partial charge in [0.1, 0.15) is 0 Å². The Morgan fingerprint density at radius 2 is 2.25 bits per heavy atom. The number of aromatic carboxylic acids is 1. The number of aromatic nitrogens is 3. The summed E-state index contributed by atoms with van der Waals surface area (Å²) in [5.74, 6) is -1.02. The van der Waals surface area contributed by atoms with Gasteiger partial charge in [0.25, 0.3) is 0 Å². The van der Waals surface area contributed by atoms with Crippen molar-refractivity contribution in [2.24, 2.45) is 0 Å². The monoisotopic (exact) mass is 227 g/mol. The minimum atomic E-state index is -1.02. The summed E-state index contributed by atoms with van der Waals surface area (Å²) in [4.78, 5) is 10.9. The summed E-state index contributed by atoms with van der Waals surface area (Å²) >= 11 is 0. The van der Waals surface area contributed by atoms with Crippen LogP contribution in [0.5, 0.6) is 0 Å². The van der Waals surface area contributed by atoms with Crippen molar-refractivity contribution in [2.75, 3.05) is 13.2 Å². The number of nitrogens with zero attached hydrogens (tertiary/aromatic N) is 3. The molecule has 1 aromatic rings. The molecule has 1 N–H and O–H groups in total. The van der Waals surface area contributed by atoms with E-state index < -0.39 is 5.97 Å². The third-order valence-corrected chi connectivity index (χ3v) is 2.18. The van der Waals surface area contributed by atoms with Crippen LogP contribution >= 0.6 is 0 Å². The van der Waals surface area contributed by atoms with Gasteiger partial charge in [0.05, 0.1) is 18.8 Å². The molecule has 0 bridgehead atoms. The van der Waals surface area contributed by atoms with Crippen LogP contribution in [0, 0.1) is 0 Å². The van der Waals surface area contributed by atoms with Gasteiger partial charge >= 0.3 is 5.97 Å². The average Bonchev–Trinajstić information content (AvgIpc) is 2.63. The first-order valence-electron chi connectivity index (χ1n) is 5.44. The van der Waals surface area contributed by atoms with Crippen molar-refractivity contribution >= 4 is 5.97 Å². The van der Waals surface area contributed by atoms with E-state index >= 15 is 0 Å². The smallest absolute Gasteiger partial charge is 0.358 e. The molecule has 0 spiro atoms. The molecule has 0 aliphatic rings. The Bertz CT molecular complexity index is 349. The van der Waals surface area contributed by atoms with Crippen molar-refractivity contribution in [2.45, 2.75) is 33.2 Å². The van der Waals surface area contributed by atoms with E-state index in [1.807, 2.05) is 13.8 Å². The summed E-state index contributed by atoms with van der Waals surface area (Å²) < 4.78 is 6.82. The molecule has 16 heavy (non-hydrogen) atoms. The van der Waals surface area contributed by atoms with Gasteiger partial charge in [-0.25, -0.2) is 9.48 Å². The number of ether oxygens (including phenoxy) is 1. The van der Waals surface area contributed by atoms with Crippen molar-refractivity contribution < 1.29 is 14.6 Å². The minimum absolute atomic E-state index is 0.0540. The lowest BCUT2D eigenvalue weighted by atomic mass is 10.2. The van der Waals surface area contributed by atoms with E-state index in [9.17, 15) is 4.79 Å². The van der Waals surface area contributed by atoms with Crippen LogP contribution in [0.1, 0.15) is 36.5 Å². The van der Waals surface area contributed by atoms with E-state index in [1.54, 1.807) is 4.68 Å². The van der Waals surface area contributed by atoms with Gasteiger partial charge in [-0.2, -0.15) is 0 Å². The number of hydrogen-bond acceptors (Lipinski definition) is 4. The predicted octanol–water partition coefficient (Wildman–Crippen LogP) is 0.965. The molecular weight excluding hydrogens is 210 g/mol. The largest absolute Gasteiger partial charge is 0.476 e. The second-order valence-electron chi connectivity index (χ2n) is 3.36. The van der Waals surface area contributed by atoms with Crippen LogP contribution in [0.4, 0.5) is 0 Å². The highest BCUT2D eigenvalue weighted by molar-refractivity contribution is 5.86. The Labute approximate surface area is 94.2 Å². The van der Waals surface area contributed by atoms with Gasteiger partial charge in [-0.1, -0.05) is 18.6 Å². The van der Waals surface area contributed by atoms with Gasteiger partial charge in [0.2, 0.25) is 0 Å². The lowest BCUT2D eigenvalue weighted by Gasteiger charge is -2.05. The van der Waals surface area contributed by atoms with Crippen molar-refractivity contribution in [1.82, 2.24) is 15.0 Å². The summed E-state index contributed by atoms with van der Waals surface area (Å²) in [6, 6.07) is 0. The fourth-order valence-electron chi connectivity index (χ4n) is 1.46. The number of hydrogen-bond donors (Lipinski definition) is 1. The molecule has 6 heteroatoms. The Morgan fingerprint density at radius 1 is 1.50 bits per heavy atom. The highest BCUT2D eigenvalue weighted by Gasteiger charge is 2.17. The van der Waals surface area contributed by atoms with Gasteiger partial charge in [-0.15, -0.1) is 5.10 Å². The standard InChI is InChI=1S/C10H17N3O3/c1-3-5-8-9(10(14)15)11-12-13(8)6-7-16-4-2/h3-7H2,1-2H3,(H,14,15). The first-order valence-corrected chi connectivity index (χ1v) is 5.44. The summed E-state index contributed by atoms with van der Waals surface area (Å²) in [5.41, 5.74) is 0.730. The quantitative estimate of drug-likeness (QED) is 0.702. The lowest BCUT2D eigenvalue weighted by Crippen LogP contribution is -2.12. The summed E-state index contributed by atoms with van der Waals surface area (Å²) in [6.07, 6.45) is 1.53. The molecular formula is C10H17N3O3. The molecule has 1 heterocycles. The second kappa shape index (κ2) is 6.22. The third kappa shape index (κ3) is 3.03. The normalized spacial score (nSPS) is 10.6. The third-order valence-electron chi connectivity index (χ3n) is 2.18. The molecule has 1 rings (SSSR count). The Kier molecular flexibility index (Phi) is 4.91. The average molecular weight is 227 g/mol. The first kappa shape index (κ1) is 12.6. The van der Waals surface area contributed by atoms with Gasteiger partial charge in [0, 0.05) is 6.61 Å². The topological polar surface area (TPSA) is 77.2 Å². The van der Waals surface area contributed by atoms with Crippen LogP contribution < -0.4 is 0 Å². The SMILES string of the molecule is CCCc1c(C(=O)O)nnn1CCOCC. The summed E-state index contributed by atoms with van der Waals surface area (Å²) in [6.45, 7) is 5.62. The van der Waals surface area contributed by atoms with E-state index in [0.717, 1.165) is 6.42 Å². The molecule has 0 amide bonds. The van der Waals surface area contributed by atoms with E-state index in [4.69, 9.17) is 9.84 Å². The van der Waals surface area contributed by atoms with E-state index in [2.05, 4.69) is 10.3 Å². The molecule has 0 fully saturated rings. The van der Waals surface area contributed by atoms with Gasteiger partial charge in [0.15, 0.2) is 5.69 Å². The van der Waals surface area contributed by atoms with Crippen LogP contribution in [-0.2, 0) is 17.7 Å². The van der Waals surface area contributed by atoms with Crippen LogP contribution in [0.25, 0.3) is 0 Å². The summed E-state index contributed by atoms with van der Waals surface area (Å²) in [7, 11) is 0. The van der Waals surface area contributed by atoms with Crippen LogP contribution in [0.2, 0.25) is 0 Å². The fourth-order valence-corrected chi connectivity index (χ4v) is 1.46. The molecule has 90 valence electrons. The zero-order valence-corrected chi connectivity index (χ0v) is 9.64. The maximum absolute atomic E-state index is 10.9. The number of carbonyl (C=O) groups is 1. The van der Waals surface area contributed by atoms with Gasteiger partial charge in [-0.3, -0.25) is 0 Å². The molecule has 0 aromatic carbocycles. The molecule has 0 saturated heterocycles. The van der Waals surface area contributed by atoms with Crippen molar-refractivity contribution in [1.29, 1.82) is 0 Å². The van der Waals surface area contributed by atoms with Gasteiger partial charge < -0.3 is 9.84 Å². The van der Waals surface area contributed by atoms with Crippen molar-refractivity contribution in [3.63, 3.8) is 0 Å². The van der Waals surface area contributed by atoms with Crippen LogP contribution in [0.3, 0.4) is 0 Å². The van der Waals surface area contributed by atoms with Crippen LogP contribution in [-0.4, -0.2) is 39.3 Å². The van der Waals surface area contributed by atoms with Crippen molar-refractivity contribution in [3.05, 3.63) is 11.4 Å². The van der Waals surface area contributed by atoms with Crippen molar-refractivity contribution in [3.8, 4) is 0 Å². The van der Waals surface area contributed by atoms with Gasteiger partial charge in [-0.05, 0) is 13.3 Å². The molecule has 1 aromatic heterocycles. The Hall–Kier alpha value is -1.43. The molecule has 0 aliphatic carbocycles. The first-order chi connectivity index (χ1) is 7.70. The minimum Gasteiger partial charge on any atom is -0.476 e. The fraction of sp³-hybridized carbons (Fsp3) is 0.700. The molecule has 0 unspecified atom stereocenters. The van der Waals surface area contributed by atoms with Crippen LogP contribution in [0.15, 0.2) is 0 Å².